The van der Waals surface area contributed by atoms with Crippen molar-refractivity contribution in [3.05, 3.63) is 28.5 Å². The van der Waals surface area contributed by atoms with Crippen LogP contribution in [0.5, 0.6) is 5.75 Å². The Hall–Kier alpha value is -0.840. The fourth-order valence-corrected chi connectivity index (χ4v) is 1.29. The summed E-state index contributed by atoms with van der Waals surface area (Å²) in [4.78, 5) is 0. The quantitative estimate of drug-likeness (QED) is 0.810. The van der Waals surface area contributed by atoms with Gasteiger partial charge in [0, 0.05) is 18.2 Å². The van der Waals surface area contributed by atoms with Gasteiger partial charge < -0.3 is 15.6 Å². The summed E-state index contributed by atoms with van der Waals surface area (Å²) in [5.74, 6) is -0.274. The summed E-state index contributed by atoms with van der Waals surface area (Å²) in [6.45, 7) is -0.0690. The summed E-state index contributed by atoms with van der Waals surface area (Å²) in [6.07, 6.45) is -1.07. The fraction of sp³-hybridized carbons (Fsp3) is 0.333. The van der Waals surface area contributed by atoms with Crippen LogP contribution in [0.3, 0.4) is 0 Å². The van der Waals surface area contributed by atoms with Crippen molar-refractivity contribution in [2.75, 3.05) is 13.7 Å². The highest BCUT2D eigenvalue weighted by Crippen LogP contribution is 2.28. The van der Waals surface area contributed by atoms with Crippen molar-refractivity contribution in [1.82, 2.24) is 0 Å². The number of nitrogens with two attached hydrogens (primary N) is 1. The third-order valence-electron chi connectivity index (χ3n) is 1.85. The minimum Gasteiger partial charge on any atom is -0.497 e. The van der Waals surface area contributed by atoms with Gasteiger partial charge >= 0.3 is 0 Å². The van der Waals surface area contributed by atoms with Crippen LogP contribution in [-0.2, 0) is 0 Å². The number of hydrogen-bond acceptors (Lipinski definition) is 3. The maximum atomic E-state index is 13.4. The highest BCUT2D eigenvalue weighted by Gasteiger charge is 2.15. The zero-order valence-corrected chi connectivity index (χ0v) is 8.38. The van der Waals surface area contributed by atoms with Gasteiger partial charge in [0.15, 0.2) is 0 Å². The molecule has 3 nitrogen and oxygen atoms in total. The maximum Gasteiger partial charge on any atom is 0.147 e. The average molecular weight is 220 g/mol. The van der Waals surface area contributed by atoms with E-state index >= 15 is 0 Å². The first-order valence-electron chi connectivity index (χ1n) is 4.01. The van der Waals surface area contributed by atoms with Crippen molar-refractivity contribution in [2.24, 2.45) is 5.73 Å². The molecule has 0 amide bonds. The predicted octanol–water partition coefficient (Wildman–Crippen LogP) is 1.48. The molecule has 0 aliphatic rings. The van der Waals surface area contributed by atoms with Gasteiger partial charge in [0.1, 0.15) is 11.6 Å². The first-order chi connectivity index (χ1) is 6.60. The van der Waals surface area contributed by atoms with Gasteiger partial charge in [0.2, 0.25) is 0 Å². The minimum atomic E-state index is -1.07. The smallest absolute Gasteiger partial charge is 0.147 e. The van der Waals surface area contributed by atoms with Crippen molar-refractivity contribution in [2.45, 2.75) is 6.10 Å². The molecule has 1 unspecified atom stereocenters. The molecular formula is C9H11ClFNO2. The number of rotatable bonds is 3. The van der Waals surface area contributed by atoms with E-state index < -0.39 is 11.9 Å². The van der Waals surface area contributed by atoms with E-state index in [1.807, 2.05) is 0 Å². The Morgan fingerprint density at radius 3 is 2.79 bits per heavy atom. The molecular weight excluding hydrogens is 209 g/mol. The second kappa shape index (κ2) is 4.59. The van der Waals surface area contributed by atoms with E-state index in [9.17, 15) is 9.50 Å². The molecule has 0 spiro atoms. The maximum absolute atomic E-state index is 13.4. The Balaban J connectivity index is 3.20. The summed E-state index contributed by atoms with van der Waals surface area (Å²) in [5.41, 5.74) is 5.27. The van der Waals surface area contributed by atoms with Crippen LogP contribution < -0.4 is 10.5 Å². The number of methoxy groups -OCH3 is 1. The van der Waals surface area contributed by atoms with Crippen molar-refractivity contribution in [1.29, 1.82) is 0 Å². The van der Waals surface area contributed by atoms with Crippen molar-refractivity contribution >= 4 is 11.6 Å². The van der Waals surface area contributed by atoms with E-state index in [1.54, 1.807) is 0 Å². The van der Waals surface area contributed by atoms with Crippen LogP contribution in [0, 0.1) is 5.82 Å². The van der Waals surface area contributed by atoms with E-state index in [1.165, 1.54) is 19.2 Å². The van der Waals surface area contributed by atoms with E-state index in [0.717, 1.165) is 0 Å². The van der Waals surface area contributed by atoms with E-state index in [2.05, 4.69) is 0 Å². The second-order valence-corrected chi connectivity index (χ2v) is 3.17. The molecule has 0 aliphatic carbocycles. The molecule has 78 valence electrons. The topological polar surface area (TPSA) is 55.5 Å². The molecule has 0 radical (unpaired) electrons. The van der Waals surface area contributed by atoms with E-state index in [0.29, 0.717) is 5.75 Å². The minimum absolute atomic E-state index is 0.0526. The zero-order valence-electron chi connectivity index (χ0n) is 7.63. The number of aliphatic hydroxyl groups is 1. The Morgan fingerprint density at radius 2 is 2.29 bits per heavy atom. The van der Waals surface area contributed by atoms with Gasteiger partial charge in [0.05, 0.1) is 18.2 Å². The van der Waals surface area contributed by atoms with Crippen molar-refractivity contribution in [3.63, 3.8) is 0 Å². The first-order valence-corrected chi connectivity index (χ1v) is 4.39. The van der Waals surface area contributed by atoms with Crippen LogP contribution in [-0.4, -0.2) is 18.8 Å². The molecule has 3 N–H and O–H groups in total. The molecule has 1 aromatic carbocycles. The molecule has 5 heteroatoms. The Bertz CT molecular complexity index is 333. The van der Waals surface area contributed by atoms with Crippen molar-refractivity contribution < 1.29 is 14.2 Å². The van der Waals surface area contributed by atoms with Gasteiger partial charge in [-0.3, -0.25) is 0 Å². The summed E-state index contributed by atoms with van der Waals surface area (Å²) in [6, 6.07) is 2.71. The predicted molar refractivity (Wildman–Crippen MR) is 52.0 cm³/mol. The lowest BCUT2D eigenvalue weighted by atomic mass is 10.1. The summed E-state index contributed by atoms with van der Waals surface area (Å²) >= 11 is 5.59. The van der Waals surface area contributed by atoms with Crippen LogP contribution in [0.4, 0.5) is 4.39 Å². The van der Waals surface area contributed by atoms with Crippen LogP contribution in [0.2, 0.25) is 5.02 Å². The monoisotopic (exact) mass is 219 g/mol. The summed E-state index contributed by atoms with van der Waals surface area (Å²) < 4.78 is 18.2. The largest absolute Gasteiger partial charge is 0.497 e. The van der Waals surface area contributed by atoms with Crippen LogP contribution in [0.15, 0.2) is 12.1 Å². The van der Waals surface area contributed by atoms with E-state index in [4.69, 9.17) is 22.1 Å². The zero-order chi connectivity index (χ0) is 10.7. The highest BCUT2D eigenvalue weighted by molar-refractivity contribution is 6.31. The van der Waals surface area contributed by atoms with Crippen molar-refractivity contribution in [3.8, 4) is 5.75 Å². The third kappa shape index (κ3) is 2.15. The molecule has 0 saturated carbocycles. The second-order valence-electron chi connectivity index (χ2n) is 2.76. The Morgan fingerprint density at radius 1 is 1.64 bits per heavy atom. The Labute approximate surface area is 86.2 Å². The number of aliphatic hydroxyl groups excluding tert-OH is 1. The number of benzene rings is 1. The Kier molecular flexibility index (Phi) is 3.69. The molecule has 0 saturated heterocycles. The first kappa shape index (κ1) is 11.2. The van der Waals surface area contributed by atoms with Gasteiger partial charge in [-0.25, -0.2) is 4.39 Å². The van der Waals surface area contributed by atoms with Crippen LogP contribution >= 0.6 is 11.6 Å². The van der Waals surface area contributed by atoms with Crippen LogP contribution in [0.1, 0.15) is 11.7 Å². The standard InChI is InChI=1S/C9H11ClFNO2/c1-14-5-2-6(8(13)4-12)9(11)7(10)3-5/h2-3,8,13H,4,12H2,1H3. The number of ether oxygens (including phenoxy) is 1. The third-order valence-corrected chi connectivity index (χ3v) is 2.12. The normalized spacial score (nSPS) is 12.6. The molecule has 1 rings (SSSR count). The lowest BCUT2D eigenvalue weighted by Crippen LogP contribution is -2.13. The molecule has 0 heterocycles. The molecule has 1 aromatic rings. The molecule has 0 aliphatic heterocycles. The van der Waals surface area contributed by atoms with Gasteiger partial charge in [-0.05, 0) is 6.07 Å². The fourth-order valence-electron chi connectivity index (χ4n) is 1.07. The lowest BCUT2D eigenvalue weighted by molar-refractivity contribution is 0.181. The summed E-state index contributed by atoms with van der Waals surface area (Å²) in [5, 5.41) is 9.28. The van der Waals surface area contributed by atoms with Crippen LogP contribution in [0.25, 0.3) is 0 Å². The van der Waals surface area contributed by atoms with Gasteiger partial charge in [-0.2, -0.15) is 0 Å². The SMILES string of the molecule is COc1cc(Cl)c(F)c(C(O)CN)c1. The van der Waals surface area contributed by atoms with Gasteiger partial charge in [-0.15, -0.1) is 0 Å². The molecule has 0 aromatic heterocycles. The summed E-state index contributed by atoms with van der Waals surface area (Å²) in [7, 11) is 1.43. The van der Waals surface area contributed by atoms with Gasteiger partial charge in [0.25, 0.3) is 0 Å². The molecule has 14 heavy (non-hydrogen) atoms. The average Bonchev–Trinajstić information content (AvgIpc) is 2.20. The highest BCUT2D eigenvalue weighted by atomic mass is 35.5. The molecule has 0 bridgehead atoms. The molecule has 0 fully saturated rings. The number of hydrogen-bond donors (Lipinski definition) is 2. The molecule has 1 atom stereocenters. The van der Waals surface area contributed by atoms with E-state index in [-0.39, 0.29) is 17.1 Å². The lowest BCUT2D eigenvalue weighted by Gasteiger charge is -2.12. The number of halogens is 2. The van der Waals surface area contributed by atoms with Gasteiger partial charge in [-0.1, -0.05) is 11.6 Å².